The molecule has 15 heavy (non-hydrogen) atoms. The lowest BCUT2D eigenvalue weighted by Gasteiger charge is -2.01. The molecule has 0 spiro atoms. The third-order valence-electron chi connectivity index (χ3n) is 2.11. The smallest absolute Gasteiger partial charge is 0.106 e. The first kappa shape index (κ1) is 10.3. The summed E-state index contributed by atoms with van der Waals surface area (Å²) >= 11 is 1.64. The van der Waals surface area contributed by atoms with Crippen LogP contribution < -0.4 is 5.32 Å². The van der Waals surface area contributed by atoms with E-state index >= 15 is 0 Å². The quantitative estimate of drug-likeness (QED) is 0.730. The Morgan fingerprint density at radius 3 is 3.13 bits per heavy atom. The highest BCUT2D eigenvalue weighted by Crippen LogP contribution is 2.00. The van der Waals surface area contributed by atoms with Gasteiger partial charge in [0.2, 0.25) is 0 Å². The van der Waals surface area contributed by atoms with Crippen molar-refractivity contribution in [2.45, 2.75) is 19.4 Å². The fourth-order valence-electron chi connectivity index (χ4n) is 1.36. The predicted molar refractivity (Wildman–Crippen MR) is 60.7 cm³/mol. The number of aromatic nitrogens is 3. The largest absolute Gasteiger partial charge is 0.349 e. The van der Waals surface area contributed by atoms with Crippen molar-refractivity contribution < 1.29 is 0 Å². The summed E-state index contributed by atoms with van der Waals surface area (Å²) in [7, 11) is 0. The Hall–Kier alpha value is -1.20. The minimum atomic E-state index is 0.863. The molecule has 0 radical (unpaired) electrons. The van der Waals surface area contributed by atoms with Crippen LogP contribution in [0, 0.1) is 0 Å². The van der Waals surface area contributed by atoms with Crippen LogP contribution in [0.15, 0.2) is 23.3 Å². The van der Waals surface area contributed by atoms with Crippen molar-refractivity contribution in [3.8, 4) is 0 Å². The number of aryl methyl sites for hydroxylation is 1. The van der Waals surface area contributed by atoms with Crippen LogP contribution in [0.3, 0.4) is 0 Å². The lowest BCUT2D eigenvalue weighted by molar-refractivity contribution is 0.635. The van der Waals surface area contributed by atoms with Gasteiger partial charge in [-0.1, -0.05) is 0 Å². The molecule has 0 fully saturated rings. The van der Waals surface area contributed by atoms with Crippen LogP contribution in [0.4, 0.5) is 0 Å². The molecule has 0 saturated carbocycles. The highest BCUT2D eigenvalue weighted by atomic mass is 32.1. The van der Waals surface area contributed by atoms with Gasteiger partial charge in [0.05, 0.1) is 11.2 Å². The van der Waals surface area contributed by atoms with Gasteiger partial charge in [0.25, 0.3) is 0 Å². The Bertz CT molecular complexity index is 318. The highest BCUT2D eigenvalue weighted by Gasteiger charge is 1.96. The average molecular weight is 222 g/mol. The summed E-state index contributed by atoms with van der Waals surface area (Å²) in [6.07, 6.45) is 5.74. The molecule has 0 aliphatic carbocycles. The van der Waals surface area contributed by atoms with E-state index < -0.39 is 0 Å². The summed E-state index contributed by atoms with van der Waals surface area (Å²) < 4.78 is 0. The van der Waals surface area contributed by atoms with Crippen LogP contribution >= 0.6 is 11.3 Å². The molecule has 2 rings (SSSR count). The Balaban J connectivity index is 1.56. The van der Waals surface area contributed by atoms with Crippen molar-refractivity contribution in [1.29, 1.82) is 0 Å². The summed E-state index contributed by atoms with van der Waals surface area (Å²) in [6.45, 7) is 1.86. The zero-order valence-corrected chi connectivity index (χ0v) is 9.26. The average Bonchev–Trinajstić information content (AvgIpc) is 2.88. The number of thiazole rings is 1. The van der Waals surface area contributed by atoms with Crippen LogP contribution in [0.1, 0.15) is 17.9 Å². The number of nitrogens with zero attached hydrogens (tertiary/aromatic N) is 2. The fraction of sp³-hybridized carbons (Fsp3) is 0.400. The first-order valence-electron chi connectivity index (χ1n) is 5.01. The van der Waals surface area contributed by atoms with Gasteiger partial charge in [-0.05, 0) is 13.0 Å². The van der Waals surface area contributed by atoms with Crippen LogP contribution in [0.5, 0.6) is 0 Å². The maximum absolute atomic E-state index is 4.20. The predicted octanol–water partition coefficient (Wildman–Crippen LogP) is 1.59. The summed E-state index contributed by atoms with van der Waals surface area (Å²) in [5, 5.41) is 5.42. The van der Waals surface area contributed by atoms with E-state index in [2.05, 4.69) is 25.6 Å². The number of hydrogen-bond donors (Lipinski definition) is 2. The number of imidazole rings is 1. The lowest BCUT2D eigenvalue weighted by Crippen LogP contribution is -2.15. The van der Waals surface area contributed by atoms with Gasteiger partial charge in [-0.3, -0.25) is 0 Å². The topological polar surface area (TPSA) is 53.6 Å². The maximum atomic E-state index is 4.20. The summed E-state index contributed by atoms with van der Waals surface area (Å²) in [4.78, 5) is 11.5. The summed E-state index contributed by atoms with van der Waals surface area (Å²) in [5.41, 5.74) is 2.98. The minimum Gasteiger partial charge on any atom is -0.349 e. The number of hydrogen-bond acceptors (Lipinski definition) is 4. The number of aromatic amines is 1. The zero-order chi connectivity index (χ0) is 10.3. The molecule has 0 unspecified atom stereocenters. The van der Waals surface area contributed by atoms with Crippen LogP contribution in [0.2, 0.25) is 0 Å². The number of nitrogens with one attached hydrogen (secondary N) is 2. The van der Waals surface area contributed by atoms with Gasteiger partial charge in [0.15, 0.2) is 0 Å². The second kappa shape index (κ2) is 5.63. The molecular weight excluding hydrogens is 208 g/mol. The van der Waals surface area contributed by atoms with Gasteiger partial charge in [-0.15, -0.1) is 11.3 Å². The van der Waals surface area contributed by atoms with Gasteiger partial charge >= 0.3 is 0 Å². The molecule has 2 heterocycles. The summed E-state index contributed by atoms with van der Waals surface area (Å²) in [6, 6.07) is 0. The molecule has 2 aromatic heterocycles. The molecule has 0 amide bonds. The molecule has 0 aliphatic rings. The molecule has 5 heteroatoms. The first-order valence-corrected chi connectivity index (χ1v) is 5.95. The highest BCUT2D eigenvalue weighted by molar-refractivity contribution is 7.07. The van der Waals surface area contributed by atoms with Crippen LogP contribution in [-0.4, -0.2) is 21.5 Å². The number of H-pyrrole nitrogens is 1. The monoisotopic (exact) mass is 222 g/mol. The van der Waals surface area contributed by atoms with Crippen LogP contribution in [0.25, 0.3) is 0 Å². The Morgan fingerprint density at radius 1 is 1.40 bits per heavy atom. The van der Waals surface area contributed by atoms with Gasteiger partial charge in [-0.2, -0.15) is 0 Å². The Kier molecular flexibility index (Phi) is 3.87. The minimum absolute atomic E-state index is 0.863. The van der Waals surface area contributed by atoms with Gasteiger partial charge in [0.1, 0.15) is 5.82 Å². The molecule has 0 atom stereocenters. The molecule has 80 valence electrons. The van der Waals surface area contributed by atoms with Gasteiger partial charge in [-0.25, -0.2) is 9.97 Å². The van der Waals surface area contributed by atoms with Gasteiger partial charge < -0.3 is 10.3 Å². The Morgan fingerprint density at radius 2 is 2.40 bits per heavy atom. The molecule has 0 aromatic carbocycles. The van der Waals surface area contributed by atoms with Crippen molar-refractivity contribution in [3.05, 3.63) is 34.8 Å². The van der Waals surface area contributed by atoms with E-state index in [1.807, 2.05) is 11.7 Å². The standard InChI is InChI=1S/C10H14N4S/c1(2-10-12-4-5-13-10)3-11-6-9-7-15-8-14-9/h4-5,7-8,11H,1-3,6H2,(H,12,13). The summed E-state index contributed by atoms with van der Waals surface area (Å²) in [5.74, 6) is 1.06. The van der Waals surface area contributed by atoms with E-state index in [-0.39, 0.29) is 0 Å². The third-order valence-corrected chi connectivity index (χ3v) is 2.75. The molecular formula is C10H14N4S. The van der Waals surface area contributed by atoms with Gasteiger partial charge in [0, 0.05) is 30.7 Å². The first-order chi connectivity index (χ1) is 7.45. The molecule has 4 nitrogen and oxygen atoms in total. The zero-order valence-electron chi connectivity index (χ0n) is 8.44. The lowest BCUT2D eigenvalue weighted by atomic mass is 10.3. The molecule has 0 bridgehead atoms. The maximum Gasteiger partial charge on any atom is 0.106 e. The number of rotatable bonds is 6. The second-order valence-electron chi connectivity index (χ2n) is 3.30. The molecule has 0 saturated heterocycles. The second-order valence-corrected chi connectivity index (χ2v) is 4.01. The van der Waals surface area contributed by atoms with Crippen LogP contribution in [-0.2, 0) is 13.0 Å². The SMILES string of the molecule is c1c[nH]c(CCCNCc2cscn2)n1. The van der Waals surface area contributed by atoms with E-state index in [1.165, 1.54) is 0 Å². The van der Waals surface area contributed by atoms with E-state index in [0.29, 0.717) is 0 Å². The van der Waals surface area contributed by atoms with Crippen molar-refractivity contribution in [1.82, 2.24) is 20.3 Å². The molecule has 0 aliphatic heterocycles. The molecule has 2 aromatic rings. The Labute approximate surface area is 92.8 Å². The third kappa shape index (κ3) is 3.45. The van der Waals surface area contributed by atoms with E-state index in [1.54, 1.807) is 17.5 Å². The van der Waals surface area contributed by atoms with Crippen molar-refractivity contribution in [3.63, 3.8) is 0 Å². The van der Waals surface area contributed by atoms with Crippen molar-refractivity contribution >= 4 is 11.3 Å². The van der Waals surface area contributed by atoms with E-state index in [0.717, 1.165) is 37.4 Å². The molecule has 2 N–H and O–H groups in total. The fourth-order valence-corrected chi connectivity index (χ4v) is 1.92. The van der Waals surface area contributed by atoms with E-state index in [4.69, 9.17) is 0 Å². The van der Waals surface area contributed by atoms with Crippen molar-refractivity contribution in [2.24, 2.45) is 0 Å². The van der Waals surface area contributed by atoms with Crippen molar-refractivity contribution in [2.75, 3.05) is 6.54 Å². The van der Waals surface area contributed by atoms with E-state index in [9.17, 15) is 0 Å². The normalized spacial score (nSPS) is 10.7.